The summed E-state index contributed by atoms with van der Waals surface area (Å²) in [5.41, 5.74) is 0. The fourth-order valence-electron chi connectivity index (χ4n) is 2.03. The standard InChI is InChI=1S/C14H29O2.BrH.Mg/c1-4-6-7-11-15-13-16-12-8-10-14(3)9-5-2;;/h5,14H,4,6-13H2,1-3H3;1H;/q;;+1/p-1. The molecule has 0 N–H and O–H groups in total. The molecule has 0 fully saturated rings. The average molecular weight is 334 g/mol. The molecule has 0 heterocycles. The zero-order valence-corrected chi connectivity index (χ0v) is 15.4. The summed E-state index contributed by atoms with van der Waals surface area (Å²) in [6.07, 6.45) is 7.47. The summed E-state index contributed by atoms with van der Waals surface area (Å²) in [7, 11) is 0. The Balaban J connectivity index is 3.15. The number of unbranched alkanes of at least 4 members (excludes halogenated alkanes) is 2. The number of hydrogen-bond acceptors (Lipinski definition) is 2. The molecule has 0 radical (unpaired) electrons. The topological polar surface area (TPSA) is 18.5 Å². The van der Waals surface area contributed by atoms with E-state index in [-0.39, 0.29) is 18.2 Å². The monoisotopic (exact) mass is 332 g/mol. The molecular formula is C14H29BrMgO2. The van der Waals surface area contributed by atoms with Crippen molar-refractivity contribution in [3.63, 3.8) is 0 Å². The van der Waals surface area contributed by atoms with Crippen molar-refractivity contribution < 1.29 is 9.47 Å². The van der Waals surface area contributed by atoms with Gasteiger partial charge in [-0.2, -0.15) is 0 Å². The molecule has 0 aromatic rings. The van der Waals surface area contributed by atoms with Crippen molar-refractivity contribution in [1.29, 1.82) is 0 Å². The number of rotatable bonds is 13. The molecule has 0 saturated carbocycles. The van der Waals surface area contributed by atoms with Gasteiger partial charge in [0.2, 0.25) is 0 Å². The number of hydrogen-bond donors (Lipinski definition) is 0. The van der Waals surface area contributed by atoms with Crippen LogP contribution in [0.4, 0.5) is 0 Å². The molecular weight excluding hydrogens is 304 g/mol. The van der Waals surface area contributed by atoms with Gasteiger partial charge in [0.25, 0.3) is 0 Å². The molecule has 0 aliphatic rings. The van der Waals surface area contributed by atoms with Gasteiger partial charge in [-0.05, 0) is 25.2 Å². The molecule has 0 aromatic carbocycles. The second-order valence-corrected chi connectivity index (χ2v) is 9.03. The van der Waals surface area contributed by atoms with Crippen LogP contribution in [0.1, 0.15) is 59.3 Å². The summed E-state index contributed by atoms with van der Waals surface area (Å²) >= 11 is 3.68. The molecule has 2 nitrogen and oxygen atoms in total. The van der Waals surface area contributed by atoms with Crippen molar-refractivity contribution >= 4 is 31.1 Å². The van der Waals surface area contributed by atoms with E-state index in [1.807, 2.05) is 0 Å². The van der Waals surface area contributed by atoms with Crippen LogP contribution >= 0.6 is 12.9 Å². The van der Waals surface area contributed by atoms with Gasteiger partial charge in [0.1, 0.15) is 6.79 Å². The van der Waals surface area contributed by atoms with Crippen LogP contribution in [-0.2, 0) is 9.47 Å². The molecule has 0 bridgehead atoms. The average Bonchev–Trinajstić information content (AvgIpc) is 2.36. The minimum Gasteiger partial charge on any atom is -0.355 e. The Morgan fingerprint density at radius 2 is 1.72 bits per heavy atom. The van der Waals surface area contributed by atoms with Crippen molar-refractivity contribution in [3.05, 3.63) is 0 Å². The summed E-state index contributed by atoms with van der Waals surface area (Å²) < 4.78 is 11.8. The van der Waals surface area contributed by atoms with Crippen molar-refractivity contribution in [2.75, 3.05) is 20.0 Å². The predicted molar refractivity (Wildman–Crippen MR) is 83.4 cm³/mol. The predicted octanol–water partition coefficient (Wildman–Crippen LogP) is 4.80. The molecule has 0 aromatic heterocycles. The van der Waals surface area contributed by atoms with E-state index in [1.165, 1.54) is 25.7 Å². The lowest BCUT2D eigenvalue weighted by Gasteiger charge is -2.15. The second kappa shape index (κ2) is 14.6. The normalized spacial score (nSPS) is 14.2. The minimum atomic E-state index is 0.00969. The smallest absolute Gasteiger partial charge is 0.355 e. The molecule has 0 amide bonds. The third kappa shape index (κ3) is 13.6. The lowest BCUT2D eigenvalue weighted by molar-refractivity contribution is -0.0560. The molecule has 106 valence electrons. The quantitative estimate of drug-likeness (QED) is 0.274. The van der Waals surface area contributed by atoms with E-state index in [0.29, 0.717) is 6.79 Å². The van der Waals surface area contributed by atoms with Gasteiger partial charge in [0.05, 0.1) is 0 Å². The van der Waals surface area contributed by atoms with E-state index in [2.05, 4.69) is 33.7 Å². The van der Waals surface area contributed by atoms with Gasteiger partial charge in [0, 0.05) is 13.2 Å². The van der Waals surface area contributed by atoms with Crippen LogP contribution in [0, 0.1) is 5.92 Å². The third-order valence-electron chi connectivity index (χ3n) is 3.11. The Morgan fingerprint density at radius 3 is 2.33 bits per heavy atom. The van der Waals surface area contributed by atoms with Crippen LogP contribution in [0.3, 0.4) is 0 Å². The summed E-state index contributed by atoms with van der Waals surface area (Å²) in [5, 5.41) is 0. The van der Waals surface area contributed by atoms with Gasteiger partial charge in [-0.1, -0.05) is 40.0 Å². The van der Waals surface area contributed by atoms with Crippen molar-refractivity contribution in [1.82, 2.24) is 0 Å². The molecule has 2 atom stereocenters. The van der Waals surface area contributed by atoms with Crippen LogP contribution in [0.15, 0.2) is 0 Å². The van der Waals surface area contributed by atoms with E-state index in [0.717, 1.165) is 36.0 Å². The molecule has 0 spiro atoms. The summed E-state index contributed by atoms with van der Waals surface area (Å²) in [6, 6.07) is 0. The Morgan fingerprint density at radius 1 is 1.06 bits per heavy atom. The molecule has 2 unspecified atom stereocenters. The lowest BCUT2D eigenvalue weighted by atomic mass is 10.0. The summed E-state index contributed by atoms with van der Waals surface area (Å²) in [6.45, 7) is 9.09. The van der Waals surface area contributed by atoms with Crippen molar-refractivity contribution in [3.8, 4) is 0 Å². The van der Waals surface area contributed by atoms with Gasteiger partial charge in [-0.3, -0.25) is 0 Å². The minimum absolute atomic E-state index is 0.00969. The van der Waals surface area contributed by atoms with E-state index in [9.17, 15) is 0 Å². The second-order valence-electron chi connectivity index (χ2n) is 5.38. The van der Waals surface area contributed by atoms with Crippen LogP contribution in [-0.4, -0.2) is 38.2 Å². The van der Waals surface area contributed by atoms with Crippen LogP contribution in [0.2, 0.25) is 4.05 Å². The van der Waals surface area contributed by atoms with E-state index < -0.39 is 0 Å². The zero-order chi connectivity index (χ0) is 13.6. The molecule has 0 aliphatic carbocycles. The van der Waals surface area contributed by atoms with Crippen LogP contribution < -0.4 is 0 Å². The maximum absolute atomic E-state index is 5.47. The zero-order valence-electron chi connectivity index (χ0n) is 12.4. The Kier molecular flexibility index (Phi) is 15.5. The van der Waals surface area contributed by atoms with Gasteiger partial charge in [-0.15, -0.1) is 4.05 Å². The van der Waals surface area contributed by atoms with Crippen molar-refractivity contribution in [2.24, 2.45) is 5.92 Å². The highest BCUT2D eigenvalue weighted by Crippen LogP contribution is 2.21. The first-order valence-corrected chi connectivity index (χ1v) is 12.1. The molecule has 0 rings (SSSR count). The fourth-order valence-corrected chi connectivity index (χ4v) is 3.52. The highest BCUT2D eigenvalue weighted by molar-refractivity contribution is 9.23. The summed E-state index contributed by atoms with van der Waals surface area (Å²) in [4.78, 5) is 0. The molecule has 18 heavy (non-hydrogen) atoms. The number of ether oxygens (including phenoxy) is 2. The maximum atomic E-state index is 5.47. The molecule has 4 heteroatoms. The van der Waals surface area contributed by atoms with Gasteiger partial charge >= 0.3 is 18.2 Å². The van der Waals surface area contributed by atoms with Gasteiger partial charge in [0.15, 0.2) is 0 Å². The van der Waals surface area contributed by atoms with E-state index in [1.54, 1.807) is 0 Å². The van der Waals surface area contributed by atoms with Crippen LogP contribution in [0.5, 0.6) is 0 Å². The first-order chi connectivity index (χ1) is 8.70. The highest BCUT2D eigenvalue weighted by Gasteiger charge is 2.09. The fraction of sp³-hybridized carbons (Fsp3) is 1.00. The van der Waals surface area contributed by atoms with E-state index in [4.69, 9.17) is 9.47 Å². The molecule has 0 saturated heterocycles. The first kappa shape index (κ1) is 19.2. The maximum Gasteiger partial charge on any atom is 0.471 e. The first-order valence-electron chi connectivity index (χ1n) is 7.42. The van der Waals surface area contributed by atoms with Crippen LogP contribution in [0.25, 0.3) is 0 Å². The molecule has 0 aliphatic heterocycles. The Labute approximate surface area is 129 Å². The summed E-state index contributed by atoms with van der Waals surface area (Å²) in [5.74, 6) is 0.833. The SMILES string of the molecule is CCCCCOCOCCCC(C)C[CH](C)[Mg][Br]. The van der Waals surface area contributed by atoms with E-state index >= 15 is 0 Å². The lowest BCUT2D eigenvalue weighted by Crippen LogP contribution is -2.06. The largest absolute Gasteiger partial charge is 0.471 e. The number of halogens is 1. The Hall–Kier alpha value is 1.17. The van der Waals surface area contributed by atoms with Gasteiger partial charge in [-0.25, -0.2) is 0 Å². The van der Waals surface area contributed by atoms with Crippen molar-refractivity contribution in [2.45, 2.75) is 63.3 Å². The highest BCUT2D eigenvalue weighted by atomic mass is 79.9. The van der Waals surface area contributed by atoms with Gasteiger partial charge < -0.3 is 22.4 Å². The third-order valence-corrected chi connectivity index (χ3v) is 7.29. The Bertz CT molecular complexity index is 170.